The zero-order valence-corrected chi connectivity index (χ0v) is 15.8. The van der Waals surface area contributed by atoms with Crippen molar-refractivity contribution < 1.29 is 12.6 Å². The van der Waals surface area contributed by atoms with Crippen LogP contribution in [0.25, 0.3) is 0 Å². The molecule has 0 saturated heterocycles. The topological polar surface area (TPSA) is 81.2 Å². The second-order valence-corrected chi connectivity index (χ2v) is 8.72. The van der Waals surface area contributed by atoms with Gasteiger partial charge in [0.25, 0.3) is 10.1 Å². The van der Waals surface area contributed by atoms with Gasteiger partial charge in [0.05, 0.1) is 23.9 Å². The molecule has 1 saturated carbocycles. The van der Waals surface area contributed by atoms with Gasteiger partial charge in [0.1, 0.15) is 5.82 Å². The Morgan fingerprint density at radius 1 is 1.22 bits per heavy atom. The molecule has 2 rings (SSSR count). The highest BCUT2D eigenvalue weighted by molar-refractivity contribution is 9.10. The summed E-state index contributed by atoms with van der Waals surface area (Å²) in [6.45, 7) is 1.98. The van der Waals surface area contributed by atoms with Crippen LogP contribution in [0.4, 0.5) is 0 Å². The molecule has 0 aromatic carbocycles. The van der Waals surface area contributed by atoms with E-state index in [0.717, 1.165) is 55.2 Å². The fourth-order valence-corrected chi connectivity index (χ4v) is 3.49. The lowest BCUT2D eigenvalue weighted by Gasteiger charge is -2.28. The number of hydrogen-bond donors (Lipinski definition) is 1. The van der Waals surface area contributed by atoms with E-state index in [1.54, 1.807) is 12.4 Å². The number of rotatable bonds is 8. The van der Waals surface area contributed by atoms with Gasteiger partial charge in [-0.1, -0.05) is 12.8 Å². The van der Waals surface area contributed by atoms with Crippen molar-refractivity contribution in [3.63, 3.8) is 0 Å². The Labute approximate surface area is 146 Å². The first-order chi connectivity index (χ1) is 10.9. The summed E-state index contributed by atoms with van der Waals surface area (Å²) in [5, 5.41) is 3.38. The van der Waals surface area contributed by atoms with Crippen LogP contribution in [0.15, 0.2) is 16.9 Å². The molecule has 1 aromatic rings. The van der Waals surface area contributed by atoms with Gasteiger partial charge in [-0.3, -0.25) is 4.18 Å². The molecule has 1 aliphatic rings. The van der Waals surface area contributed by atoms with Crippen molar-refractivity contribution in [2.45, 2.75) is 38.6 Å². The Morgan fingerprint density at radius 3 is 2.43 bits per heavy atom. The fraction of sp³-hybridized carbons (Fsp3) is 0.733. The Hall–Kier alpha value is -0.570. The number of nitrogens with one attached hydrogen (secondary N) is 1. The first-order valence-corrected chi connectivity index (χ1v) is 10.5. The Morgan fingerprint density at radius 2 is 1.83 bits per heavy atom. The largest absolute Gasteiger partial charge is 0.310 e. The van der Waals surface area contributed by atoms with Crippen LogP contribution in [0.5, 0.6) is 0 Å². The standard InChI is InChI=1S/C15H24BrN3O3S/c1-23(20,21)22-11-13-4-2-12(3-5-13)6-7-17-10-15-18-8-14(16)9-19-15/h8-9,12-13,17H,2-7,10-11H2,1H3. The minimum absolute atomic E-state index is 0.338. The molecule has 0 unspecified atom stereocenters. The fourth-order valence-electron chi connectivity index (χ4n) is 2.84. The zero-order valence-electron chi connectivity index (χ0n) is 13.4. The highest BCUT2D eigenvalue weighted by atomic mass is 79.9. The molecule has 130 valence electrons. The molecule has 1 N–H and O–H groups in total. The van der Waals surface area contributed by atoms with E-state index in [1.165, 1.54) is 0 Å². The molecule has 0 aliphatic heterocycles. The summed E-state index contributed by atoms with van der Waals surface area (Å²) < 4.78 is 27.8. The van der Waals surface area contributed by atoms with Crippen LogP contribution in [0.1, 0.15) is 37.9 Å². The molecule has 0 bridgehead atoms. The summed E-state index contributed by atoms with van der Waals surface area (Å²) >= 11 is 3.32. The van der Waals surface area contributed by atoms with Crippen molar-refractivity contribution in [3.05, 3.63) is 22.7 Å². The third-order valence-corrected chi connectivity index (χ3v) is 5.14. The van der Waals surface area contributed by atoms with Crippen molar-refractivity contribution in [1.82, 2.24) is 15.3 Å². The van der Waals surface area contributed by atoms with Crippen LogP contribution in [-0.2, 0) is 20.8 Å². The van der Waals surface area contributed by atoms with E-state index < -0.39 is 10.1 Å². The van der Waals surface area contributed by atoms with Crippen molar-refractivity contribution in [3.8, 4) is 0 Å². The first-order valence-electron chi connectivity index (χ1n) is 7.94. The van der Waals surface area contributed by atoms with E-state index in [2.05, 4.69) is 31.2 Å². The molecule has 0 atom stereocenters. The van der Waals surface area contributed by atoms with Gasteiger partial charge >= 0.3 is 0 Å². The minimum Gasteiger partial charge on any atom is -0.310 e. The molecule has 6 nitrogen and oxygen atoms in total. The van der Waals surface area contributed by atoms with Gasteiger partial charge in [-0.05, 0) is 53.6 Å². The molecule has 1 aromatic heterocycles. The summed E-state index contributed by atoms with van der Waals surface area (Å²) in [5.41, 5.74) is 0. The van der Waals surface area contributed by atoms with Crippen LogP contribution in [0.3, 0.4) is 0 Å². The molecular weight excluding hydrogens is 382 g/mol. The van der Waals surface area contributed by atoms with Crippen LogP contribution in [-0.4, -0.2) is 37.8 Å². The van der Waals surface area contributed by atoms with Gasteiger partial charge in [-0.15, -0.1) is 0 Å². The average molecular weight is 406 g/mol. The van der Waals surface area contributed by atoms with Gasteiger partial charge in [0.15, 0.2) is 0 Å². The van der Waals surface area contributed by atoms with E-state index in [4.69, 9.17) is 4.18 Å². The number of hydrogen-bond acceptors (Lipinski definition) is 6. The Bertz CT molecular complexity index is 572. The SMILES string of the molecule is CS(=O)(=O)OCC1CCC(CCNCc2ncc(Br)cn2)CC1. The van der Waals surface area contributed by atoms with Crippen LogP contribution in [0, 0.1) is 11.8 Å². The van der Waals surface area contributed by atoms with Gasteiger partial charge in [-0.2, -0.15) is 8.42 Å². The second kappa shape index (κ2) is 9.05. The van der Waals surface area contributed by atoms with E-state index in [0.29, 0.717) is 25.0 Å². The quantitative estimate of drug-likeness (QED) is 0.528. The molecule has 1 fully saturated rings. The monoisotopic (exact) mass is 405 g/mol. The molecular formula is C15H24BrN3O3S. The van der Waals surface area contributed by atoms with Crippen molar-refractivity contribution in [2.75, 3.05) is 19.4 Å². The van der Waals surface area contributed by atoms with Crippen LogP contribution < -0.4 is 5.32 Å². The maximum Gasteiger partial charge on any atom is 0.264 e. The van der Waals surface area contributed by atoms with Crippen molar-refractivity contribution in [2.24, 2.45) is 11.8 Å². The normalized spacial score (nSPS) is 22.2. The smallest absolute Gasteiger partial charge is 0.264 e. The summed E-state index contributed by atoms with van der Waals surface area (Å²) in [6, 6.07) is 0. The van der Waals surface area contributed by atoms with E-state index in [1.807, 2.05) is 0 Å². The summed E-state index contributed by atoms with van der Waals surface area (Å²) in [7, 11) is -3.31. The Balaban J connectivity index is 1.57. The molecule has 0 spiro atoms. The van der Waals surface area contributed by atoms with Gasteiger partial charge < -0.3 is 5.32 Å². The maximum absolute atomic E-state index is 11.0. The van der Waals surface area contributed by atoms with Crippen molar-refractivity contribution >= 4 is 26.0 Å². The highest BCUT2D eigenvalue weighted by Crippen LogP contribution is 2.30. The molecule has 23 heavy (non-hydrogen) atoms. The molecule has 0 amide bonds. The summed E-state index contributed by atoms with van der Waals surface area (Å²) in [4.78, 5) is 8.46. The van der Waals surface area contributed by atoms with E-state index in [-0.39, 0.29) is 0 Å². The number of nitrogens with zero attached hydrogens (tertiary/aromatic N) is 2. The van der Waals surface area contributed by atoms with Gasteiger partial charge in [0.2, 0.25) is 0 Å². The Kier molecular flexibility index (Phi) is 7.39. The van der Waals surface area contributed by atoms with Gasteiger partial charge in [0, 0.05) is 12.4 Å². The molecule has 0 radical (unpaired) electrons. The van der Waals surface area contributed by atoms with Crippen molar-refractivity contribution in [1.29, 1.82) is 0 Å². The zero-order chi connectivity index (χ0) is 16.7. The lowest BCUT2D eigenvalue weighted by atomic mass is 9.81. The summed E-state index contributed by atoms with van der Waals surface area (Å²) in [6.07, 6.45) is 10.2. The van der Waals surface area contributed by atoms with Gasteiger partial charge in [-0.25, -0.2) is 9.97 Å². The number of aromatic nitrogens is 2. The lowest BCUT2D eigenvalue weighted by Crippen LogP contribution is -2.24. The van der Waals surface area contributed by atoms with E-state index >= 15 is 0 Å². The number of halogens is 1. The molecule has 1 aliphatic carbocycles. The predicted molar refractivity (Wildman–Crippen MR) is 92.3 cm³/mol. The van der Waals surface area contributed by atoms with E-state index in [9.17, 15) is 8.42 Å². The third kappa shape index (κ3) is 7.69. The molecule has 1 heterocycles. The lowest BCUT2D eigenvalue weighted by molar-refractivity contribution is 0.183. The highest BCUT2D eigenvalue weighted by Gasteiger charge is 2.22. The van der Waals surface area contributed by atoms with Crippen LogP contribution in [0.2, 0.25) is 0 Å². The van der Waals surface area contributed by atoms with Crippen LogP contribution >= 0.6 is 15.9 Å². The third-order valence-electron chi connectivity index (χ3n) is 4.17. The summed E-state index contributed by atoms with van der Waals surface area (Å²) in [5.74, 6) is 1.89. The molecule has 8 heteroatoms. The average Bonchev–Trinajstić information content (AvgIpc) is 2.52. The first kappa shape index (κ1) is 18.8. The maximum atomic E-state index is 11.0. The predicted octanol–water partition coefficient (Wildman–Crippen LogP) is 2.50. The minimum atomic E-state index is -3.31. The second-order valence-electron chi connectivity index (χ2n) is 6.16.